The van der Waals surface area contributed by atoms with Crippen molar-refractivity contribution in [2.75, 3.05) is 4.72 Å². The standard InChI is InChI=1S/C12H15N3O2S/c1-9-4-6-11(7-5-9)18(16,17)14-12-8-10(2)15(3)13-12/h4-8H,1-3H3,(H,13,14). The average molecular weight is 265 g/mol. The number of hydrogen-bond donors (Lipinski definition) is 1. The maximum atomic E-state index is 12.1. The lowest BCUT2D eigenvalue weighted by atomic mass is 10.2. The van der Waals surface area contributed by atoms with E-state index in [-0.39, 0.29) is 4.90 Å². The summed E-state index contributed by atoms with van der Waals surface area (Å²) in [6, 6.07) is 8.36. The lowest BCUT2D eigenvalue weighted by molar-refractivity contribution is 0.601. The Morgan fingerprint density at radius 3 is 2.28 bits per heavy atom. The van der Waals surface area contributed by atoms with E-state index in [1.165, 1.54) is 0 Å². The van der Waals surface area contributed by atoms with Gasteiger partial charge in [-0.15, -0.1) is 0 Å². The van der Waals surface area contributed by atoms with Gasteiger partial charge in [0.15, 0.2) is 5.82 Å². The first-order valence-electron chi connectivity index (χ1n) is 5.48. The summed E-state index contributed by atoms with van der Waals surface area (Å²) in [4.78, 5) is 0.233. The Morgan fingerprint density at radius 2 is 1.78 bits per heavy atom. The molecule has 18 heavy (non-hydrogen) atoms. The smallest absolute Gasteiger partial charge is 0.263 e. The highest BCUT2D eigenvalue weighted by Crippen LogP contribution is 2.15. The number of sulfonamides is 1. The largest absolute Gasteiger partial charge is 0.271 e. The third-order valence-corrected chi connectivity index (χ3v) is 4.05. The van der Waals surface area contributed by atoms with Crippen LogP contribution in [0.15, 0.2) is 35.2 Å². The Morgan fingerprint density at radius 1 is 1.17 bits per heavy atom. The zero-order valence-electron chi connectivity index (χ0n) is 10.5. The van der Waals surface area contributed by atoms with E-state index >= 15 is 0 Å². The van der Waals surface area contributed by atoms with Gasteiger partial charge in [0.25, 0.3) is 10.0 Å². The molecule has 96 valence electrons. The summed E-state index contributed by atoms with van der Waals surface area (Å²) in [7, 11) is -1.80. The average Bonchev–Trinajstić information content (AvgIpc) is 2.57. The molecule has 0 aliphatic heterocycles. The maximum absolute atomic E-state index is 12.1. The van der Waals surface area contributed by atoms with E-state index in [1.807, 2.05) is 13.8 Å². The van der Waals surface area contributed by atoms with Crippen LogP contribution in [0.5, 0.6) is 0 Å². The molecule has 0 amide bonds. The monoisotopic (exact) mass is 265 g/mol. The van der Waals surface area contributed by atoms with Gasteiger partial charge in [-0.05, 0) is 26.0 Å². The van der Waals surface area contributed by atoms with Crippen LogP contribution in [-0.4, -0.2) is 18.2 Å². The molecule has 2 aromatic rings. The minimum Gasteiger partial charge on any atom is -0.271 e. The topological polar surface area (TPSA) is 64.0 Å². The van der Waals surface area contributed by atoms with Crippen molar-refractivity contribution in [2.24, 2.45) is 7.05 Å². The Bertz CT molecular complexity index is 638. The molecular weight excluding hydrogens is 250 g/mol. The van der Waals surface area contributed by atoms with Crippen molar-refractivity contribution in [2.45, 2.75) is 18.7 Å². The Hall–Kier alpha value is -1.82. The van der Waals surface area contributed by atoms with Crippen LogP contribution in [0, 0.1) is 13.8 Å². The van der Waals surface area contributed by atoms with Gasteiger partial charge in [0, 0.05) is 18.8 Å². The van der Waals surface area contributed by atoms with Gasteiger partial charge in [-0.25, -0.2) is 8.42 Å². The van der Waals surface area contributed by atoms with E-state index in [0.29, 0.717) is 5.82 Å². The first-order valence-corrected chi connectivity index (χ1v) is 6.97. The minimum absolute atomic E-state index is 0.233. The zero-order valence-corrected chi connectivity index (χ0v) is 11.3. The van der Waals surface area contributed by atoms with Crippen LogP contribution >= 0.6 is 0 Å². The first kappa shape index (κ1) is 12.6. The van der Waals surface area contributed by atoms with Crippen LogP contribution in [0.2, 0.25) is 0 Å². The lowest BCUT2D eigenvalue weighted by Crippen LogP contribution is -2.13. The molecule has 0 aliphatic carbocycles. The Balaban J connectivity index is 2.29. The highest BCUT2D eigenvalue weighted by Gasteiger charge is 2.15. The lowest BCUT2D eigenvalue weighted by Gasteiger charge is -2.05. The highest BCUT2D eigenvalue weighted by atomic mass is 32.2. The Labute approximate surface area is 107 Å². The second kappa shape index (κ2) is 4.45. The second-order valence-corrected chi connectivity index (χ2v) is 5.90. The van der Waals surface area contributed by atoms with E-state index in [9.17, 15) is 8.42 Å². The summed E-state index contributed by atoms with van der Waals surface area (Å²) in [5.41, 5.74) is 1.90. The fraction of sp³-hybridized carbons (Fsp3) is 0.250. The molecular formula is C12H15N3O2S. The molecule has 1 aromatic carbocycles. The fourth-order valence-electron chi connectivity index (χ4n) is 1.52. The van der Waals surface area contributed by atoms with Crippen molar-refractivity contribution >= 4 is 15.8 Å². The van der Waals surface area contributed by atoms with Crippen molar-refractivity contribution in [3.8, 4) is 0 Å². The number of anilines is 1. The van der Waals surface area contributed by atoms with E-state index in [4.69, 9.17) is 0 Å². The van der Waals surface area contributed by atoms with Gasteiger partial charge in [-0.2, -0.15) is 5.10 Å². The molecule has 0 saturated heterocycles. The summed E-state index contributed by atoms with van der Waals surface area (Å²) in [5.74, 6) is 0.329. The van der Waals surface area contributed by atoms with Crippen molar-refractivity contribution < 1.29 is 8.42 Å². The summed E-state index contributed by atoms with van der Waals surface area (Å²) in [6.07, 6.45) is 0. The predicted molar refractivity (Wildman–Crippen MR) is 69.9 cm³/mol. The minimum atomic E-state index is -3.56. The third kappa shape index (κ3) is 2.53. The van der Waals surface area contributed by atoms with Crippen molar-refractivity contribution in [1.29, 1.82) is 0 Å². The van der Waals surface area contributed by atoms with Crippen LogP contribution in [0.3, 0.4) is 0 Å². The number of rotatable bonds is 3. The molecule has 2 rings (SSSR count). The summed E-state index contributed by atoms with van der Waals surface area (Å²) in [6.45, 7) is 3.77. The summed E-state index contributed by atoms with van der Waals surface area (Å²) >= 11 is 0. The van der Waals surface area contributed by atoms with Gasteiger partial charge < -0.3 is 0 Å². The molecule has 0 unspecified atom stereocenters. The number of benzene rings is 1. The Kier molecular flexibility index (Phi) is 3.13. The van der Waals surface area contributed by atoms with Crippen molar-refractivity contribution in [3.63, 3.8) is 0 Å². The molecule has 0 saturated carbocycles. The molecule has 0 aliphatic rings. The number of aromatic nitrogens is 2. The van der Waals surface area contributed by atoms with E-state index < -0.39 is 10.0 Å². The maximum Gasteiger partial charge on any atom is 0.263 e. The van der Waals surface area contributed by atoms with Gasteiger partial charge in [-0.3, -0.25) is 9.40 Å². The van der Waals surface area contributed by atoms with Crippen molar-refractivity contribution in [1.82, 2.24) is 9.78 Å². The third-order valence-electron chi connectivity index (χ3n) is 2.68. The van der Waals surface area contributed by atoms with Crippen LogP contribution < -0.4 is 4.72 Å². The molecule has 0 radical (unpaired) electrons. The van der Waals surface area contributed by atoms with Gasteiger partial charge >= 0.3 is 0 Å². The van der Waals surface area contributed by atoms with Crippen LogP contribution in [0.4, 0.5) is 5.82 Å². The number of nitrogens with zero attached hydrogens (tertiary/aromatic N) is 2. The molecule has 1 aromatic heterocycles. The predicted octanol–water partition coefficient (Wildman–Crippen LogP) is 1.84. The SMILES string of the molecule is Cc1ccc(S(=O)(=O)Nc2cc(C)n(C)n2)cc1. The highest BCUT2D eigenvalue weighted by molar-refractivity contribution is 7.92. The quantitative estimate of drug-likeness (QED) is 0.921. The fourth-order valence-corrected chi connectivity index (χ4v) is 2.51. The van der Waals surface area contributed by atoms with Gasteiger partial charge in [0.2, 0.25) is 0 Å². The van der Waals surface area contributed by atoms with E-state index in [1.54, 1.807) is 42.1 Å². The van der Waals surface area contributed by atoms with E-state index in [2.05, 4.69) is 9.82 Å². The normalized spacial score (nSPS) is 11.5. The van der Waals surface area contributed by atoms with Crippen LogP contribution in [-0.2, 0) is 17.1 Å². The zero-order chi connectivity index (χ0) is 13.3. The van der Waals surface area contributed by atoms with Crippen LogP contribution in [0.25, 0.3) is 0 Å². The summed E-state index contributed by atoms with van der Waals surface area (Å²) in [5, 5.41) is 4.06. The molecule has 0 atom stereocenters. The number of hydrogen-bond acceptors (Lipinski definition) is 3. The van der Waals surface area contributed by atoms with Gasteiger partial charge in [-0.1, -0.05) is 17.7 Å². The number of aryl methyl sites for hydroxylation is 3. The number of nitrogens with one attached hydrogen (secondary N) is 1. The van der Waals surface area contributed by atoms with E-state index in [0.717, 1.165) is 11.3 Å². The molecule has 1 N–H and O–H groups in total. The van der Waals surface area contributed by atoms with Gasteiger partial charge in [0.1, 0.15) is 0 Å². The molecule has 0 fully saturated rings. The van der Waals surface area contributed by atoms with Crippen molar-refractivity contribution in [3.05, 3.63) is 41.6 Å². The molecule has 5 nitrogen and oxygen atoms in total. The molecule has 1 heterocycles. The summed E-state index contributed by atoms with van der Waals surface area (Å²) < 4.78 is 28.2. The van der Waals surface area contributed by atoms with Crippen LogP contribution in [0.1, 0.15) is 11.3 Å². The molecule has 6 heteroatoms. The molecule has 0 spiro atoms. The molecule has 0 bridgehead atoms. The first-order chi connectivity index (χ1) is 8.38. The van der Waals surface area contributed by atoms with Gasteiger partial charge in [0.05, 0.1) is 4.90 Å². The second-order valence-electron chi connectivity index (χ2n) is 4.21.